The van der Waals surface area contributed by atoms with Gasteiger partial charge in [-0.3, -0.25) is 4.98 Å². The molecule has 5 heteroatoms. The van der Waals surface area contributed by atoms with Crippen molar-refractivity contribution in [1.82, 2.24) is 4.98 Å². The van der Waals surface area contributed by atoms with Gasteiger partial charge in [-0.05, 0) is 41.1 Å². The summed E-state index contributed by atoms with van der Waals surface area (Å²) >= 11 is 3.37. The Morgan fingerprint density at radius 2 is 2.22 bits per heavy atom. The summed E-state index contributed by atoms with van der Waals surface area (Å²) in [6.07, 6.45) is 3.34. The average Bonchev–Trinajstić information content (AvgIpc) is 2.36. The van der Waals surface area contributed by atoms with E-state index in [-0.39, 0.29) is 11.6 Å². The maximum absolute atomic E-state index is 13.7. The predicted molar refractivity (Wildman–Crippen MR) is 72.8 cm³/mol. The second-order valence-electron chi connectivity index (χ2n) is 3.56. The van der Waals surface area contributed by atoms with Crippen molar-refractivity contribution < 1.29 is 9.13 Å². The summed E-state index contributed by atoms with van der Waals surface area (Å²) in [5.74, 6) is -0.121. The normalized spacial score (nSPS) is 10.2. The number of halogens is 2. The van der Waals surface area contributed by atoms with E-state index in [1.807, 2.05) is 6.92 Å². The predicted octanol–water partition coefficient (Wildman–Crippen LogP) is 4.13. The smallest absolute Gasteiger partial charge is 0.167 e. The largest absolute Gasteiger partial charge is 0.491 e. The molecule has 18 heavy (non-hydrogen) atoms. The summed E-state index contributed by atoms with van der Waals surface area (Å²) in [5.41, 5.74) is 1.48. The van der Waals surface area contributed by atoms with E-state index in [4.69, 9.17) is 4.74 Å². The minimum atomic E-state index is -0.382. The number of nitrogens with one attached hydrogen (secondary N) is 1. The van der Waals surface area contributed by atoms with E-state index in [2.05, 4.69) is 26.2 Å². The van der Waals surface area contributed by atoms with Crippen LogP contribution in [0.5, 0.6) is 5.75 Å². The highest BCUT2D eigenvalue weighted by atomic mass is 79.9. The van der Waals surface area contributed by atoms with Crippen molar-refractivity contribution in [3.05, 3.63) is 46.9 Å². The minimum absolute atomic E-state index is 0.261. The molecule has 94 valence electrons. The van der Waals surface area contributed by atoms with Crippen LogP contribution in [0, 0.1) is 5.82 Å². The number of nitrogens with zero attached hydrogens (tertiary/aromatic N) is 1. The number of rotatable bonds is 4. The maximum atomic E-state index is 13.7. The van der Waals surface area contributed by atoms with E-state index in [9.17, 15) is 4.39 Å². The van der Waals surface area contributed by atoms with Gasteiger partial charge in [-0.1, -0.05) is 0 Å². The average molecular weight is 311 g/mol. The van der Waals surface area contributed by atoms with Crippen molar-refractivity contribution in [3.8, 4) is 5.75 Å². The first-order chi connectivity index (χ1) is 8.70. The minimum Gasteiger partial charge on any atom is -0.491 e. The molecule has 0 aliphatic rings. The van der Waals surface area contributed by atoms with Crippen LogP contribution in [0.25, 0.3) is 0 Å². The Labute approximate surface area is 113 Å². The van der Waals surface area contributed by atoms with Crippen LogP contribution in [0.3, 0.4) is 0 Å². The maximum Gasteiger partial charge on any atom is 0.167 e. The molecule has 0 radical (unpaired) electrons. The Morgan fingerprint density at radius 1 is 1.39 bits per heavy atom. The lowest BCUT2D eigenvalue weighted by molar-refractivity contribution is 0.321. The van der Waals surface area contributed by atoms with Crippen LogP contribution in [0.4, 0.5) is 15.8 Å². The number of hydrogen-bond donors (Lipinski definition) is 1. The second-order valence-corrected chi connectivity index (χ2v) is 4.41. The number of anilines is 2. The Balaban J connectivity index is 2.20. The molecular weight excluding hydrogens is 299 g/mol. The molecule has 2 rings (SSSR count). The van der Waals surface area contributed by atoms with Gasteiger partial charge >= 0.3 is 0 Å². The third-order valence-electron chi connectivity index (χ3n) is 2.28. The van der Waals surface area contributed by atoms with Crippen molar-refractivity contribution in [2.24, 2.45) is 0 Å². The molecule has 1 N–H and O–H groups in total. The highest BCUT2D eigenvalue weighted by Gasteiger charge is 2.05. The van der Waals surface area contributed by atoms with Crippen LogP contribution in [-0.2, 0) is 0 Å². The molecule has 0 aliphatic heterocycles. The van der Waals surface area contributed by atoms with Crippen molar-refractivity contribution in [2.75, 3.05) is 11.9 Å². The standard InChI is InChI=1S/C13H12BrFN2O/c1-2-18-13-4-3-9(7-11(13)15)17-12-5-6-16-8-10(12)14/h3-8H,2H2,1H3,(H,16,17). The first kappa shape index (κ1) is 12.8. The molecule has 0 bridgehead atoms. The van der Waals surface area contributed by atoms with Gasteiger partial charge in [0, 0.05) is 24.1 Å². The number of aromatic nitrogens is 1. The number of benzene rings is 1. The lowest BCUT2D eigenvalue weighted by Crippen LogP contribution is -1.97. The molecule has 1 aromatic heterocycles. The van der Waals surface area contributed by atoms with Crippen LogP contribution in [0.2, 0.25) is 0 Å². The zero-order chi connectivity index (χ0) is 13.0. The number of ether oxygens (including phenoxy) is 1. The van der Waals surface area contributed by atoms with E-state index in [0.29, 0.717) is 12.3 Å². The monoisotopic (exact) mass is 310 g/mol. The summed E-state index contributed by atoms with van der Waals surface area (Å²) in [6.45, 7) is 2.26. The summed E-state index contributed by atoms with van der Waals surface area (Å²) < 4.78 is 19.6. The quantitative estimate of drug-likeness (QED) is 0.922. The van der Waals surface area contributed by atoms with Gasteiger partial charge < -0.3 is 10.1 Å². The Kier molecular flexibility index (Phi) is 4.15. The second kappa shape index (κ2) is 5.82. The van der Waals surface area contributed by atoms with E-state index in [1.54, 1.807) is 30.6 Å². The molecular formula is C13H12BrFN2O. The summed E-state index contributed by atoms with van der Waals surface area (Å²) in [6, 6.07) is 6.58. The molecule has 0 spiro atoms. The molecule has 0 aliphatic carbocycles. The molecule has 2 aromatic rings. The van der Waals surface area contributed by atoms with Crippen LogP contribution in [0.1, 0.15) is 6.92 Å². The fourth-order valence-corrected chi connectivity index (χ4v) is 1.83. The third kappa shape index (κ3) is 2.98. The van der Waals surface area contributed by atoms with Crippen LogP contribution < -0.4 is 10.1 Å². The molecule has 0 amide bonds. The molecule has 0 saturated heterocycles. The van der Waals surface area contributed by atoms with Gasteiger partial charge in [-0.15, -0.1) is 0 Å². The fraction of sp³-hybridized carbons (Fsp3) is 0.154. The van der Waals surface area contributed by atoms with Crippen molar-refractivity contribution >= 4 is 27.3 Å². The molecule has 0 unspecified atom stereocenters. The zero-order valence-corrected chi connectivity index (χ0v) is 11.4. The summed E-state index contributed by atoms with van der Waals surface area (Å²) in [4.78, 5) is 3.96. The topological polar surface area (TPSA) is 34.1 Å². The lowest BCUT2D eigenvalue weighted by Gasteiger charge is -2.10. The van der Waals surface area contributed by atoms with E-state index in [1.165, 1.54) is 6.07 Å². The van der Waals surface area contributed by atoms with Gasteiger partial charge in [0.2, 0.25) is 0 Å². The highest BCUT2D eigenvalue weighted by Crippen LogP contribution is 2.27. The van der Waals surface area contributed by atoms with E-state index >= 15 is 0 Å². The molecule has 0 atom stereocenters. The first-order valence-corrected chi connectivity index (χ1v) is 6.29. The summed E-state index contributed by atoms with van der Waals surface area (Å²) in [7, 11) is 0. The number of hydrogen-bond acceptors (Lipinski definition) is 3. The van der Waals surface area contributed by atoms with Crippen molar-refractivity contribution in [1.29, 1.82) is 0 Å². The van der Waals surface area contributed by atoms with E-state index in [0.717, 1.165) is 10.2 Å². The molecule has 0 saturated carbocycles. The Morgan fingerprint density at radius 3 is 2.89 bits per heavy atom. The van der Waals surface area contributed by atoms with Gasteiger partial charge in [-0.25, -0.2) is 4.39 Å². The van der Waals surface area contributed by atoms with Crippen LogP contribution in [-0.4, -0.2) is 11.6 Å². The number of pyridine rings is 1. The van der Waals surface area contributed by atoms with Crippen LogP contribution in [0.15, 0.2) is 41.1 Å². The van der Waals surface area contributed by atoms with Crippen molar-refractivity contribution in [3.63, 3.8) is 0 Å². The molecule has 0 fully saturated rings. The van der Waals surface area contributed by atoms with Gasteiger partial charge in [0.15, 0.2) is 11.6 Å². The highest BCUT2D eigenvalue weighted by molar-refractivity contribution is 9.10. The third-order valence-corrected chi connectivity index (χ3v) is 2.92. The van der Waals surface area contributed by atoms with E-state index < -0.39 is 0 Å². The van der Waals surface area contributed by atoms with Gasteiger partial charge in [0.25, 0.3) is 0 Å². The summed E-state index contributed by atoms with van der Waals surface area (Å²) in [5, 5.41) is 3.10. The van der Waals surface area contributed by atoms with Gasteiger partial charge in [-0.2, -0.15) is 0 Å². The van der Waals surface area contributed by atoms with Crippen molar-refractivity contribution in [2.45, 2.75) is 6.92 Å². The zero-order valence-electron chi connectivity index (χ0n) is 9.78. The lowest BCUT2D eigenvalue weighted by atomic mass is 10.2. The SMILES string of the molecule is CCOc1ccc(Nc2ccncc2Br)cc1F. The van der Waals surface area contributed by atoms with Gasteiger partial charge in [0.05, 0.1) is 16.8 Å². The van der Waals surface area contributed by atoms with Gasteiger partial charge in [0.1, 0.15) is 0 Å². The Bertz CT molecular complexity index is 548. The Hall–Kier alpha value is -1.62. The van der Waals surface area contributed by atoms with Crippen LogP contribution >= 0.6 is 15.9 Å². The first-order valence-electron chi connectivity index (χ1n) is 5.49. The molecule has 1 aromatic carbocycles. The fourth-order valence-electron chi connectivity index (χ4n) is 1.48. The molecule has 1 heterocycles. The molecule has 3 nitrogen and oxygen atoms in total.